The summed E-state index contributed by atoms with van der Waals surface area (Å²) in [4.78, 5) is 14.5. The lowest BCUT2D eigenvalue weighted by molar-refractivity contribution is 0.0954. The lowest BCUT2D eigenvalue weighted by atomic mass is 9.79. The van der Waals surface area contributed by atoms with E-state index in [0.717, 1.165) is 12.0 Å². The van der Waals surface area contributed by atoms with Crippen LogP contribution >= 0.6 is 0 Å². The fourth-order valence-electron chi connectivity index (χ4n) is 4.39. The lowest BCUT2D eigenvalue weighted by Gasteiger charge is -2.50. The van der Waals surface area contributed by atoms with Crippen LogP contribution in [0.15, 0.2) is 47.6 Å². The van der Waals surface area contributed by atoms with Gasteiger partial charge in [0.05, 0.1) is 6.21 Å². The van der Waals surface area contributed by atoms with Gasteiger partial charge in [-0.1, -0.05) is 19.1 Å². The molecule has 0 aliphatic carbocycles. The minimum atomic E-state index is -0.446. The highest BCUT2D eigenvalue weighted by Crippen LogP contribution is 2.44. The van der Waals surface area contributed by atoms with Crippen LogP contribution in [0.3, 0.4) is 0 Å². The molecule has 0 bridgehead atoms. The molecule has 1 N–H and O–H groups in total. The van der Waals surface area contributed by atoms with Crippen molar-refractivity contribution in [3.8, 4) is 0 Å². The molecule has 1 aliphatic rings. The molecule has 5 heteroatoms. The minimum Gasteiger partial charge on any atom is -0.364 e. The molecule has 0 spiro atoms. The number of carbonyl (C=O) groups is 1. The van der Waals surface area contributed by atoms with Crippen molar-refractivity contribution < 1.29 is 9.18 Å². The summed E-state index contributed by atoms with van der Waals surface area (Å²) in [5.74, 6) is -0.442. The highest BCUT2D eigenvalue weighted by atomic mass is 19.1. The standard InChI is InChI=1S/C23H28FN3O/c1-15(2)27-21-10-9-17(11-20(21)16(3)13-23(27,4)5)14-25-26-22(28)18-7-6-8-19(24)12-18/h6-12,14-16H,13H2,1-5H3,(H,26,28)/b25-14+. The fourth-order valence-corrected chi connectivity index (χ4v) is 4.39. The summed E-state index contributed by atoms with van der Waals surface area (Å²) in [6.45, 7) is 11.3. The molecule has 1 unspecified atom stereocenters. The Kier molecular flexibility index (Phi) is 5.54. The number of halogens is 1. The predicted octanol–water partition coefficient (Wildman–Crippen LogP) is 5.09. The van der Waals surface area contributed by atoms with Crippen LogP contribution in [0.5, 0.6) is 0 Å². The molecule has 2 aromatic carbocycles. The summed E-state index contributed by atoms with van der Waals surface area (Å²) in [6, 6.07) is 12.2. The number of hydrogen-bond acceptors (Lipinski definition) is 3. The van der Waals surface area contributed by atoms with Gasteiger partial charge in [-0.2, -0.15) is 5.10 Å². The third-order valence-electron chi connectivity index (χ3n) is 5.28. The van der Waals surface area contributed by atoms with Crippen LogP contribution in [0.25, 0.3) is 0 Å². The SMILES string of the molecule is CC1CC(C)(C)N(C(C)C)c2ccc(/C=N/NC(=O)c3cccc(F)c3)cc21. The molecule has 2 aromatic rings. The molecule has 148 valence electrons. The van der Waals surface area contributed by atoms with E-state index in [0.29, 0.717) is 12.0 Å². The largest absolute Gasteiger partial charge is 0.364 e. The van der Waals surface area contributed by atoms with Gasteiger partial charge in [0.1, 0.15) is 5.82 Å². The minimum absolute atomic E-state index is 0.106. The molecule has 0 aromatic heterocycles. The van der Waals surface area contributed by atoms with Gasteiger partial charge in [-0.15, -0.1) is 0 Å². The van der Waals surface area contributed by atoms with E-state index in [4.69, 9.17) is 0 Å². The number of anilines is 1. The van der Waals surface area contributed by atoms with Gasteiger partial charge in [0.15, 0.2) is 0 Å². The topological polar surface area (TPSA) is 44.7 Å². The number of hydrazone groups is 1. The van der Waals surface area contributed by atoms with Crippen molar-refractivity contribution in [2.75, 3.05) is 4.90 Å². The number of nitrogens with one attached hydrogen (secondary N) is 1. The number of nitrogens with zero attached hydrogens (tertiary/aromatic N) is 2. The Hall–Kier alpha value is -2.69. The van der Waals surface area contributed by atoms with Crippen molar-refractivity contribution in [1.29, 1.82) is 0 Å². The Balaban J connectivity index is 1.79. The van der Waals surface area contributed by atoms with E-state index in [-0.39, 0.29) is 11.1 Å². The van der Waals surface area contributed by atoms with Gasteiger partial charge in [-0.25, -0.2) is 9.82 Å². The molecule has 1 amide bonds. The molecule has 0 fully saturated rings. The van der Waals surface area contributed by atoms with Crippen LogP contribution in [0.4, 0.5) is 10.1 Å². The first-order valence-corrected chi connectivity index (χ1v) is 9.71. The highest BCUT2D eigenvalue weighted by molar-refractivity contribution is 5.94. The number of hydrogen-bond donors (Lipinski definition) is 1. The summed E-state index contributed by atoms with van der Waals surface area (Å²) in [5, 5.41) is 4.04. The van der Waals surface area contributed by atoms with Gasteiger partial charge in [-0.05, 0) is 81.5 Å². The quantitative estimate of drug-likeness (QED) is 0.592. The van der Waals surface area contributed by atoms with E-state index in [2.05, 4.69) is 62.2 Å². The van der Waals surface area contributed by atoms with Crippen LogP contribution in [0, 0.1) is 5.82 Å². The van der Waals surface area contributed by atoms with Gasteiger partial charge in [0.25, 0.3) is 5.91 Å². The summed E-state index contributed by atoms with van der Waals surface area (Å²) in [6.07, 6.45) is 2.71. The van der Waals surface area contributed by atoms with Gasteiger partial charge in [-0.3, -0.25) is 4.79 Å². The number of fused-ring (bicyclic) bond motifs is 1. The monoisotopic (exact) mass is 381 g/mol. The predicted molar refractivity (Wildman–Crippen MR) is 113 cm³/mol. The maximum atomic E-state index is 13.2. The Morgan fingerprint density at radius 2 is 2.04 bits per heavy atom. The van der Waals surface area contributed by atoms with Crippen molar-refractivity contribution in [2.45, 2.75) is 58.5 Å². The number of benzene rings is 2. The van der Waals surface area contributed by atoms with Crippen molar-refractivity contribution in [3.05, 3.63) is 65.0 Å². The fraction of sp³-hybridized carbons (Fsp3) is 0.391. The maximum Gasteiger partial charge on any atom is 0.271 e. The smallest absolute Gasteiger partial charge is 0.271 e. The molecule has 0 radical (unpaired) electrons. The zero-order valence-corrected chi connectivity index (χ0v) is 17.2. The molecule has 3 rings (SSSR count). The van der Waals surface area contributed by atoms with Gasteiger partial charge < -0.3 is 4.90 Å². The zero-order valence-electron chi connectivity index (χ0n) is 17.2. The molecular formula is C23H28FN3O. The van der Waals surface area contributed by atoms with Crippen LogP contribution in [-0.2, 0) is 0 Å². The normalized spacial score (nSPS) is 18.4. The first-order chi connectivity index (χ1) is 13.2. The number of amides is 1. The molecule has 1 atom stereocenters. The highest BCUT2D eigenvalue weighted by Gasteiger charge is 2.37. The van der Waals surface area contributed by atoms with Crippen molar-refractivity contribution >= 4 is 17.8 Å². The molecule has 28 heavy (non-hydrogen) atoms. The van der Waals surface area contributed by atoms with Crippen molar-refractivity contribution in [3.63, 3.8) is 0 Å². The van der Waals surface area contributed by atoms with Crippen molar-refractivity contribution in [1.82, 2.24) is 5.43 Å². The second-order valence-electron chi connectivity index (χ2n) is 8.41. The first-order valence-electron chi connectivity index (χ1n) is 9.71. The van der Waals surface area contributed by atoms with Crippen LogP contribution < -0.4 is 10.3 Å². The van der Waals surface area contributed by atoms with Gasteiger partial charge in [0, 0.05) is 22.8 Å². The average molecular weight is 381 g/mol. The van der Waals surface area contributed by atoms with E-state index in [9.17, 15) is 9.18 Å². The molecule has 0 saturated heterocycles. The Bertz CT molecular complexity index is 904. The summed E-state index contributed by atoms with van der Waals surface area (Å²) < 4.78 is 13.2. The summed E-state index contributed by atoms with van der Waals surface area (Å²) in [7, 11) is 0. The summed E-state index contributed by atoms with van der Waals surface area (Å²) >= 11 is 0. The Labute approximate surface area is 166 Å². The van der Waals surface area contributed by atoms with E-state index >= 15 is 0 Å². The second-order valence-corrected chi connectivity index (χ2v) is 8.41. The van der Waals surface area contributed by atoms with Crippen LogP contribution in [0.2, 0.25) is 0 Å². The van der Waals surface area contributed by atoms with E-state index in [1.54, 1.807) is 12.3 Å². The third kappa shape index (κ3) is 4.08. The number of rotatable bonds is 4. The molecule has 1 aliphatic heterocycles. The number of carbonyl (C=O) groups excluding carboxylic acids is 1. The van der Waals surface area contributed by atoms with Gasteiger partial charge in [0.2, 0.25) is 0 Å². The van der Waals surface area contributed by atoms with E-state index < -0.39 is 11.7 Å². The zero-order chi connectivity index (χ0) is 20.5. The van der Waals surface area contributed by atoms with Crippen molar-refractivity contribution in [2.24, 2.45) is 5.10 Å². The second kappa shape index (κ2) is 7.74. The molecule has 1 heterocycles. The molecule has 4 nitrogen and oxygen atoms in total. The van der Waals surface area contributed by atoms with E-state index in [1.165, 1.54) is 29.4 Å². The van der Waals surface area contributed by atoms with E-state index in [1.807, 2.05) is 6.07 Å². The molecule has 0 saturated carbocycles. The first kappa shape index (κ1) is 20.1. The van der Waals surface area contributed by atoms with Crippen LogP contribution in [0.1, 0.15) is 68.4 Å². The van der Waals surface area contributed by atoms with Crippen LogP contribution in [-0.4, -0.2) is 23.7 Å². The summed E-state index contributed by atoms with van der Waals surface area (Å²) in [5.41, 5.74) is 6.30. The molecular weight excluding hydrogens is 353 g/mol. The lowest BCUT2D eigenvalue weighted by Crippen LogP contribution is -2.51. The third-order valence-corrected chi connectivity index (χ3v) is 5.28. The Morgan fingerprint density at radius 3 is 2.71 bits per heavy atom. The Morgan fingerprint density at radius 1 is 1.29 bits per heavy atom. The maximum absolute atomic E-state index is 13.2. The average Bonchev–Trinajstić information content (AvgIpc) is 2.61. The van der Waals surface area contributed by atoms with Gasteiger partial charge >= 0.3 is 0 Å².